The van der Waals surface area contributed by atoms with Crippen LogP contribution in [0.15, 0.2) is 48.5 Å². The number of methoxy groups -OCH3 is 1. The van der Waals surface area contributed by atoms with E-state index in [1.165, 1.54) is 11.1 Å². The van der Waals surface area contributed by atoms with E-state index < -0.39 is 6.10 Å². The molecule has 2 aromatic carbocycles. The lowest BCUT2D eigenvalue weighted by Crippen LogP contribution is -2.46. The molecule has 2 aromatic rings. The summed E-state index contributed by atoms with van der Waals surface area (Å²) in [5.74, 6) is 1.64. The molecule has 0 fully saturated rings. The van der Waals surface area contributed by atoms with Crippen LogP contribution in [0.1, 0.15) is 25.0 Å². The van der Waals surface area contributed by atoms with Crippen LogP contribution < -0.4 is 14.8 Å². The number of halogens is 1. The van der Waals surface area contributed by atoms with E-state index in [4.69, 9.17) is 9.47 Å². The fourth-order valence-electron chi connectivity index (χ4n) is 2.60. The highest BCUT2D eigenvalue weighted by Crippen LogP contribution is 2.17. The van der Waals surface area contributed by atoms with E-state index in [9.17, 15) is 5.11 Å². The summed E-state index contributed by atoms with van der Waals surface area (Å²) >= 11 is 0. The number of ether oxygens (including phenoxy) is 2. The number of nitrogens with one attached hydrogen (secondary N) is 1. The Bertz CT molecular complexity index is 641. The minimum atomic E-state index is -0.559. The number of aryl methyl sites for hydroxylation is 1. The first-order valence-electron chi connectivity index (χ1n) is 8.63. The van der Waals surface area contributed by atoms with E-state index in [1.54, 1.807) is 7.11 Å². The van der Waals surface area contributed by atoms with Crippen molar-refractivity contribution in [3.05, 3.63) is 59.7 Å². The van der Waals surface area contributed by atoms with Crippen LogP contribution in [0.4, 0.5) is 0 Å². The number of hydrogen-bond donors (Lipinski definition) is 2. The van der Waals surface area contributed by atoms with E-state index in [2.05, 4.69) is 31.3 Å². The first kappa shape index (κ1) is 22.3. The Balaban J connectivity index is 0.00000338. The van der Waals surface area contributed by atoms with Gasteiger partial charge in [-0.3, -0.25) is 0 Å². The second-order valence-corrected chi connectivity index (χ2v) is 7.07. The molecule has 4 nitrogen and oxygen atoms in total. The number of β-amino-alcohol motifs (C(OH)–C–C–N with tert-alkyl or cyclic N) is 1. The van der Waals surface area contributed by atoms with Crippen molar-refractivity contribution in [2.75, 3.05) is 20.3 Å². The zero-order valence-electron chi connectivity index (χ0n) is 16.0. The van der Waals surface area contributed by atoms with Gasteiger partial charge in [0.15, 0.2) is 0 Å². The average Bonchev–Trinajstić information content (AvgIpc) is 2.60. The first-order chi connectivity index (χ1) is 11.9. The number of benzene rings is 2. The van der Waals surface area contributed by atoms with Gasteiger partial charge in [0.2, 0.25) is 0 Å². The standard InChI is InChI=1S/C21H29NO3.ClH/c1-16-5-9-20(10-6-16)25-15-18(23)14-22-21(2,3)13-17-7-11-19(24-4)12-8-17;/h5-12,18,22-23H,13-15H2,1-4H3;1H. The highest BCUT2D eigenvalue weighted by molar-refractivity contribution is 5.85. The molecule has 1 atom stereocenters. The average molecular weight is 380 g/mol. The maximum absolute atomic E-state index is 10.2. The Labute approximate surface area is 162 Å². The SMILES string of the molecule is COc1ccc(CC(C)(C)NCC(O)COc2ccc(C)cc2)cc1.Cl. The largest absolute Gasteiger partial charge is 0.497 e. The Morgan fingerprint density at radius 3 is 2.15 bits per heavy atom. The molecule has 144 valence electrons. The summed E-state index contributed by atoms with van der Waals surface area (Å²) in [5, 5.41) is 13.6. The fourth-order valence-corrected chi connectivity index (χ4v) is 2.60. The maximum atomic E-state index is 10.2. The van der Waals surface area contributed by atoms with Crippen molar-refractivity contribution in [2.45, 2.75) is 38.8 Å². The van der Waals surface area contributed by atoms with Crippen molar-refractivity contribution >= 4 is 12.4 Å². The molecule has 1 unspecified atom stereocenters. The predicted octanol–water partition coefficient (Wildman–Crippen LogP) is 3.78. The number of aliphatic hydroxyl groups excluding tert-OH is 1. The van der Waals surface area contributed by atoms with Crippen LogP contribution in [0.3, 0.4) is 0 Å². The van der Waals surface area contributed by atoms with E-state index in [0.717, 1.165) is 17.9 Å². The van der Waals surface area contributed by atoms with Gasteiger partial charge in [-0.1, -0.05) is 29.8 Å². The highest BCUT2D eigenvalue weighted by atomic mass is 35.5. The van der Waals surface area contributed by atoms with Crippen molar-refractivity contribution in [3.8, 4) is 11.5 Å². The van der Waals surface area contributed by atoms with Gasteiger partial charge in [0.1, 0.15) is 24.2 Å². The van der Waals surface area contributed by atoms with E-state index in [0.29, 0.717) is 6.54 Å². The summed E-state index contributed by atoms with van der Waals surface area (Å²) in [6.45, 7) is 7.05. The minimum absolute atomic E-state index is 0. The van der Waals surface area contributed by atoms with Crippen LogP contribution in [0.25, 0.3) is 0 Å². The lowest BCUT2D eigenvalue weighted by atomic mass is 9.94. The van der Waals surface area contributed by atoms with Crippen LogP contribution in [0.5, 0.6) is 11.5 Å². The minimum Gasteiger partial charge on any atom is -0.497 e. The third-order valence-corrected chi connectivity index (χ3v) is 4.08. The number of rotatable bonds is 9. The molecule has 0 radical (unpaired) electrons. The summed E-state index contributed by atoms with van der Waals surface area (Å²) in [4.78, 5) is 0. The lowest BCUT2D eigenvalue weighted by Gasteiger charge is -2.28. The molecule has 0 aliphatic rings. The molecule has 0 saturated heterocycles. The lowest BCUT2D eigenvalue weighted by molar-refractivity contribution is 0.0988. The quantitative estimate of drug-likeness (QED) is 0.696. The highest BCUT2D eigenvalue weighted by Gasteiger charge is 2.19. The molecule has 0 aliphatic carbocycles. The molecular formula is C21H30ClNO3. The first-order valence-corrected chi connectivity index (χ1v) is 8.63. The molecule has 26 heavy (non-hydrogen) atoms. The summed E-state index contributed by atoms with van der Waals surface area (Å²) in [6, 6.07) is 15.9. The summed E-state index contributed by atoms with van der Waals surface area (Å²) in [6.07, 6.45) is 0.305. The van der Waals surface area contributed by atoms with E-state index >= 15 is 0 Å². The second-order valence-electron chi connectivity index (χ2n) is 7.07. The predicted molar refractivity (Wildman–Crippen MR) is 109 cm³/mol. The third kappa shape index (κ3) is 7.65. The number of hydrogen-bond acceptors (Lipinski definition) is 4. The molecular weight excluding hydrogens is 350 g/mol. The van der Waals surface area contributed by atoms with Gasteiger partial charge in [-0.05, 0) is 57.0 Å². The van der Waals surface area contributed by atoms with Crippen LogP contribution in [-0.4, -0.2) is 37.0 Å². The normalized spacial score (nSPS) is 12.2. The Hall–Kier alpha value is -1.75. The molecule has 2 rings (SSSR count). The van der Waals surface area contributed by atoms with Crippen LogP contribution in [0.2, 0.25) is 0 Å². The van der Waals surface area contributed by atoms with Gasteiger partial charge < -0.3 is 19.9 Å². The third-order valence-electron chi connectivity index (χ3n) is 4.08. The summed E-state index contributed by atoms with van der Waals surface area (Å²) in [5.41, 5.74) is 2.29. The van der Waals surface area contributed by atoms with E-state index in [1.807, 2.05) is 43.3 Å². The molecule has 5 heteroatoms. The van der Waals surface area contributed by atoms with Crippen molar-refractivity contribution in [1.82, 2.24) is 5.32 Å². The molecule has 0 aromatic heterocycles. The molecule has 0 spiro atoms. The smallest absolute Gasteiger partial charge is 0.119 e. The van der Waals surface area contributed by atoms with Gasteiger partial charge >= 0.3 is 0 Å². The van der Waals surface area contributed by atoms with Gasteiger partial charge in [-0.15, -0.1) is 12.4 Å². The van der Waals surface area contributed by atoms with Gasteiger partial charge in [-0.2, -0.15) is 0 Å². The monoisotopic (exact) mass is 379 g/mol. The second kappa shape index (κ2) is 10.4. The Morgan fingerprint density at radius 2 is 1.58 bits per heavy atom. The zero-order valence-corrected chi connectivity index (χ0v) is 16.8. The Kier molecular flexibility index (Phi) is 8.93. The molecule has 0 amide bonds. The zero-order chi connectivity index (χ0) is 18.3. The van der Waals surface area contributed by atoms with Crippen molar-refractivity contribution in [2.24, 2.45) is 0 Å². The van der Waals surface area contributed by atoms with E-state index in [-0.39, 0.29) is 24.6 Å². The summed E-state index contributed by atoms with van der Waals surface area (Å²) < 4.78 is 10.8. The van der Waals surface area contributed by atoms with Gasteiger partial charge in [0.25, 0.3) is 0 Å². The van der Waals surface area contributed by atoms with Gasteiger partial charge in [0.05, 0.1) is 7.11 Å². The number of aliphatic hydroxyl groups is 1. The Morgan fingerprint density at radius 1 is 1.00 bits per heavy atom. The topological polar surface area (TPSA) is 50.7 Å². The van der Waals surface area contributed by atoms with Gasteiger partial charge in [0, 0.05) is 12.1 Å². The molecule has 0 bridgehead atoms. The van der Waals surface area contributed by atoms with Crippen molar-refractivity contribution in [1.29, 1.82) is 0 Å². The van der Waals surface area contributed by atoms with Crippen LogP contribution in [-0.2, 0) is 6.42 Å². The van der Waals surface area contributed by atoms with Crippen LogP contribution in [0, 0.1) is 6.92 Å². The summed E-state index contributed by atoms with van der Waals surface area (Å²) in [7, 11) is 1.67. The van der Waals surface area contributed by atoms with Crippen LogP contribution >= 0.6 is 12.4 Å². The van der Waals surface area contributed by atoms with Crippen molar-refractivity contribution in [3.63, 3.8) is 0 Å². The maximum Gasteiger partial charge on any atom is 0.119 e. The molecule has 0 heterocycles. The fraction of sp³-hybridized carbons (Fsp3) is 0.429. The molecule has 2 N–H and O–H groups in total. The van der Waals surface area contributed by atoms with Gasteiger partial charge in [-0.25, -0.2) is 0 Å². The molecule has 0 aliphatic heterocycles. The molecule has 0 saturated carbocycles. The van der Waals surface area contributed by atoms with Crippen molar-refractivity contribution < 1.29 is 14.6 Å².